The van der Waals surface area contributed by atoms with E-state index in [0.717, 1.165) is 5.92 Å². The van der Waals surface area contributed by atoms with Gasteiger partial charge in [0.2, 0.25) is 0 Å². The normalized spacial score (nSPS) is 45.6. The zero-order valence-corrected chi connectivity index (χ0v) is 11.9. The van der Waals surface area contributed by atoms with Gasteiger partial charge in [0.15, 0.2) is 0 Å². The van der Waals surface area contributed by atoms with Crippen molar-refractivity contribution < 1.29 is 0 Å². The fourth-order valence-corrected chi connectivity index (χ4v) is 4.21. The van der Waals surface area contributed by atoms with Crippen LogP contribution >= 0.6 is 0 Å². The zero-order valence-electron chi connectivity index (χ0n) is 11.9. The van der Waals surface area contributed by atoms with Gasteiger partial charge in [-0.1, -0.05) is 61.3 Å². The average molecular weight is 210 g/mol. The third-order valence-corrected chi connectivity index (χ3v) is 5.82. The van der Waals surface area contributed by atoms with Gasteiger partial charge in [-0.15, -0.1) is 0 Å². The van der Waals surface area contributed by atoms with Crippen molar-refractivity contribution in [2.75, 3.05) is 0 Å². The van der Waals surface area contributed by atoms with Crippen molar-refractivity contribution in [3.8, 4) is 0 Å². The summed E-state index contributed by atoms with van der Waals surface area (Å²) in [6.07, 6.45) is 5.50. The van der Waals surface area contributed by atoms with E-state index in [-0.39, 0.29) is 0 Å². The molecule has 0 spiro atoms. The van der Waals surface area contributed by atoms with Gasteiger partial charge >= 0.3 is 0 Å². The van der Waals surface area contributed by atoms with Crippen molar-refractivity contribution in [1.29, 1.82) is 0 Å². The van der Waals surface area contributed by atoms with Gasteiger partial charge in [-0.05, 0) is 35.0 Å². The molecule has 0 aromatic carbocycles. The third-order valence-electron chi connectivity index (χ3n) is 5.82. The van der Waals surface area contributed by atoms with E-state index in [1.54, 1.807) is 0 Å². The maximum absolute atomic E-state index is 2.55. The molecule has 90 valence electrons. The summed E-state index contributed by atoms with van der Waals surface area (Å²) >= 11 is 0. The molecule has 1 rings (SSSR count). The van der Waals surface area contributed by atoms with Gasteiger partial charge < -0.3 is 0 Å². The molecule has 1 saturated carbocycles. The molecule has 1 fully saturated rings. The smallest absolute Gasteiger partial charge is 0.0215 e. The summed E-state index contributed by atoms with van der Waals surface area (Å²) in [7, 11) is 0. The average Bonchev–Trinajstić information content (AvgIpc) is 2.16. The summed E-state index contributed by atoms with van der Waals surface area (Å²) in [4.78, 5) is 0. The molecule has 0 heterocycles. The summed E-state index contributed by atoms with van der Waals surface area (Å²) in [5.74, 6) is 0.826. The van der Waals surface area contributed by atoms with Crippen LogP contribution in [0, 0.1) is 22.2 Å². The van der Waals surface area contributed by atoms with E-state index < -0.39 is 0 Å². The van der Waals surface area contributed by atoms with Gasteiger partial charge in [-0.3, -0.25) is 0 Å². The van der Waals surface area contributed by atoms with Gasteiger partial charge in [0.1, 0.15) is 0 Å². The Balaban J connectivity index is 2.95. The molecule has 1 aliphatic carbocycles. The van der Waals surface area contributed by atoms with Crippen LogP contribution in [0.25, 0.3) is 0 Å². The summed E-state index contributed by atoms with van der Waals surface area (Å²) in [6, 6.07) is 0. The molecule has 0 aromatic rings. The highest BCUT2D eigenvalue weighted by Gasteiger charge is 2.64. The Morgan fingerprint density at radius 3 is 1.60 bits per heavy atom. The first kappa shape index (κ1) is 13.1. The van der Waals surface area contributed by atoms with Crippen molar-refractivity contribution in [3.63, 3.8) is 0 Å². The lowest BCUT2D eigenvalue weighted by atomic mass is 9.35. The van der Waals surface area contributed by atoms with Gasteiger partial charge in [-0.25, -0.2) is 0 Å². The molecule has 0 heteroatoms. The van der Waals surface area contributed by atoms with Gasteiger partial charge in [0, 0.05) is 0 Å². The van der Waals surface area contributed by atoms with Gasteiger partial charge in [0.25, 0.3) is 0 Å². The highest BCUT2D eigenvalue weighted by molar-refractivity contribution is 5.13. The standard InChI is InChI=1S/C15H30/c1-8-13(5)11-14(6,9-2)15(13,7)10-12(3)4/h12H,8-11H2,1-7H3. The topological polar surface area (TPSA) is 0 Å². The Morgan fingerprint density at radius 1 is 0.933 bits per heavy atom. The van der Waals surface area contributed by atoms with Crippen LogP contribution in [-0.4, -0.2) is 0 Å². The van der Waals surface area contributed by atoms with Crippen LogP contribution in [0.5, 0.6) is 0 Å². The lowest BCUT2D eigenvalue weighted by Crippen LogP contribution is -2.61. The summed E-state index contributed by atoms with van der Waals surface area (Å²) in [5.41, 5.74) is 1.72. The number of hydrogen-bond donors (Lipinski definition) is 0. The first-order chi connectivity index (χ1) is 6.74. The van der Waals surface area contributed by atoms with Crippen LogP contribution in [0.2, 0.25) is 0 Å². The van der Waals surface area contributed by atoms with Crippen molar-refractivity contribution >= 4 is 0 Å². The van der Waals surface area contributed by atoms with E-state index in [9.17, 15) is 0 Å². The number of hydrogen-bond acceptors (Lipinski definition) is 0. The first-order valence-electron chi connectivity index (χ1n) is 6.74. The van der Waals surface area contributed by atoms with Crippen molar-refractivity contribution in [2.24, 2.45) is 22.2 Å². The molecule has 0 radical (unpaired) electrons. The van der Waals surface area contributed by atoms with Gasteiger partial charge in [0.05, 0.1) is 0 Å². The monoisotopic (exact) mass is 210 g/mol. The molecule has 0 aliphatic heterocycles. The van der Waals surface area contributed by atoms with E-state index in [1.807, 2.05) is 0 Å². The lowest BCUT2D eigenvalue weighted by Gasteiger charge is -2.69. The molecule has 0 nitrogen and oxygen atoms in total. The van der Waals surface area contributed by atoms with Crippen LogP contribution in [0.1, 0.15) is 74.1 Å². The Labute approximate surface area is 96.8 Å². The Morgan fingerprint density at radius 2 is 1.33 bits per heavy atom. The van der Waals surface area contributed by atoms with Crippen molar-refractivity contribution in [2.45, 2.75) is 74.1 Å². The molecule has 0 N–H and O–H groups in total. The van der Waals surface area contributed by atoms with Crippen LogP contribution in [0.15, 0.2) is 0 Å². The summed E-state index contributed by atoms with van der Waals surface area (Å²) < 4.78 is 0. The molecule has 2 atom stereocenters. The minimum atomic E-state index is 0.553. The molecule has 0 saturated heterocycles. The third kappa shape index (κ3) is 1.65. The van der Waals surface area contributed by atoms with Crippen LogP contribution in [0.3, 0.4) is 0 Å². The van der Waals surface area contributed by atoms with Crippen LogP contribution in [0.4, 0.5) is 0 Å². The van der Waals surface area contributed by atoms with Crippen molar-refractivity contribution in [3.05, 3.63) is 0 Å². The predicted octanol–water partition coefficient (Wildman–Crippen LogP) is 5.28. The second-order valence-corrected chi connectivity index (χ2v) is 6.94. The van der Waals surface area contributed by atoms with Crippen LogP contribution < -0.4 is 0 Å². The van der Waals surface area contributed by atoms with Crippen LogP contribution in [-0.2, 0) is 0 Å². The maximum atomic E-state index is 2.55. The summed E-state index contributed by atoms with van der Waals surface area (Å²) in [5, 5.41) is 0. The van der Waals surface area contributed by atoms with E-state index >= 15 is 0 Å². The largest absolute Gasteiger partial charge is 0.0648 e. The SMILES string of the molecule is CCC1(C)CC(C)(CC)C1(C)CC(C)C. The molecule has 0 bridgehead atoms. The highest BCUT2D eigenvalue weighted by Crippen LogP contribution is 2.72. The highest BCUT2D eigenvalue weighted by atomic mass is 14.7. The zero-order chi connectivity index (χ0) is 11.9. The van der Waals surface area contributed by atoms with E-state index in [2.05, 4.69) is 48.5 Å². The van der Waals surface area contributed by atoms with E-state index in [1.165, 1.54) is 25.7 Å². The molecule has 1 aliphatic rings. The molecular weight excluding hydrogens is 180 g/mol. The first-order valence-corrected chi connectivity index (χ1v) is 6.74. The molecule has 0 aromatic heterocycles. The fourth-order valence-electron chi connectivity index (χ4n) is 4.21. The summed E-state index contributed by atoms with van der Waals surface area (Å²) in [6.45, 7) is 17.0. The fraction of sp³-hybridized carbons (Fsp3) is 1.00. The molecule has 15 heavy (non-hydrogen) atoms. The Kier molecular flexibility index (Phi) is 3.30. The quantitative estimate of drug-likeness (QED) is 0.592. The Hall–Kier alpha value is 0. The van der Waals surface area contributed by atoms with Gasteiger partial charge in [-0.2, -0.15) is 0 Å². The van der Waals surface area contributed by atoms with E-state index in [0.29, 0.717) is 16.2 Å². The maximum Gasteiger partial charge on any atom is -0.0215 e. The number of rotatable bonds is 4. The lowest BCUT2D eigenvalue weighted by molar-refractivity contribution is -0.204. The molecular formula is C15H30. The molecule has 2 unspecified atom stereocenters. The minimum Gasteiger partial charge on any atom is -0.0648 e. The predicted molar refractivity (Wildman–Crippen MR) is 69.0 cm³/mol. The van der Waals surface area contributed by atoms with Crippen molar-refractivity contribution in [1.82, 2.24) is 0 Å². The second kappa shape index (κ2) is 3.79. The Bertz CT molecular complexity index is 212. The second-order valence-electron chi connectivity index (χ2n) is 6.94. The molecule has 0 amide bonds. The van der Waals surface area contributed by atoms with E-state index in [4.69, 9.17) is 0 Å². The minimum absolute atomic E-state index is 0.553.